The second-order valence-electron chi connectivity index (χ2n) is 12.3. The zero-order chi connectivity index (χ0) is 33.2. The maximum Gasteiger partial charge on any atom is 2.00 e. The number of hydrogen-bond acceptors (Lipinski definition) is 3. The Labute approximate surface area is 289 Å². The summed E-state index contributed by atoms with van der Waals surface area (Å²) in [7, 11) is 0. The van der Waals surface area contributed by atoms with E-state index in [0.717, 1.165) is 55.7 Å². The number of para-hydroxylation sites is 3. The second kappa shape index (κ2) is 11.6. The number of nitrogens with zero attached hydrogens (tertiary/aromatic N) is 4. The van der Waals surface area contributed by atoms with Gasteiger partial charge in [-0.05, 0) is 64.7 Å². The van der Waals surface area contributed by atoms with Crippen molar-refractivity contribution in [1.29, 1.82) is 0 Å². The molecule has 0 atom stereocenters. The van der Waals surface area contributed by atoms with Crippen LogP contribution in [0, 0.1) is 19.1 Å². The number of aryl methyl sites for hydroxylation is 1. The molecule has 0 fully saturated rings. The first kappa shape index (κ1) is 26.5. The van der Waals surface area contributed by atoms with E-state index in [2.05, 4.69) is 116 Å². The minimum absolute atomic E-state index is 0. The Bertz CT molecular complexity index is 2340. The fourth-order valence-corrected chi connectivity index (χ4v) is 6.64. The Balaban J connectivity index is 0.00000378. The summed E-state index contributed by atoms with van der Waals surface area (Å²) in [5.41, 5.74) is 9.49. The van der Waals surface area contributed by atoms with Crippen LogP contribution in [0.2, 0.25) is 0 Å². The molecule has 0 saturated heterocycles. The maximum atomic E-state index is 8.13. The molecule has 46 heavy (non-hydrogen) atoms. The van der Waals surface area contributed by atoms with Gasteiger partial charge in [0.2, 0.25) is 0 Å². The van der Waals surface area contributed by atoms with Crippen LogP contribution in [-0.2, 0) is 26.5 Å². The molecule has 8 rings (SSSR count). The molecule has 5 heteroatoms. The third-order valence-corrected chi connectivity index (χ3v) is 9.18. The third kappa shape index (κ3) is 4.84. The normalized spacial score (nSPS) is 14.1. The van der Waals surface area contributed by atoms with Gasteiger partial charge in [0, 0.05) is 22.8 Å². The molecule has 0 saturated carbocycles. The van der Waals surface area contributed by atoms with E-state index in [0.29, 0.717) is 5.69 Å². The first-order chi connectivity index (χ1) is 23.1. The second-order valence-corrected chi connectivity index (χ2v) is 12.3. The summed E-state index contributed by atoms with van der Waals surface area (Å²) in [5, 5.41) is 2.26. The van der Waals surface area contributed by atoms with Gasteiger partial charge >= 0.3 is 21.1 Å². The van der Waals surface area contributed by atoms with Crippen molar-refractivity contribution in [2.75, 3.05) is 23.4 Å². The van der Waals surface area contributed by atoms with Crippen LogP contribution in [0.3, 0.4) is 0 Å². The molecule has 2 aromatic heterocycles. The van der Waals surface area contributed by atoms with Gasteiger partial charge in [0.25, 0.3) is 0 Å². The Morgan fingerprint density at radius 1 is 0.761 bits per heavy atom. The van der Waals surface area contributed by atoms with Crippen molar-refractivity contribution in [2.45, 2.75) is 26.2 Å². The fraction of sp³-hybridized carbons (Fsp3) is 0.146. The van der Waals surface area contributed by atoms with E-state index in [-0.39, 0.29) is 27.7 Å². The molecule has 0 bridgehead atoms. The zero-order valence-corrected chi connectivity index (χ0v) is 28.1. The molecule has 0 radical (unpaired) electrons. The number of hydrogen-bond donors (Lipinski definition) is 0. The van der Waals surface area contributed by atoms with E-state index in [1.54, 1.807) is 0 Å². The predicted molar refractivity (Wildman–Crippen MR) is 187 cm³/mol. The first-order valence-electron chi connectivity index (χ1n) is 16.8. The topological polar surface area (TPSA) is 24.3 Å². The van der Waals surface area contributed by atoms with Crippen LogP contribution in [0.15, 0.2) is 121 Å². The number of aromatic nitrogens is 2. The monoisotopic (exact) mass is 780 g/mol. The Morgan fingerprint density at radius 2 is 1.52 bits per heavy atom. The van der Waals surface area contributed by atoms with Crippen molar-refractivity contribution >= 4 is 38.9 Å². The molecule has 5 aromatic carbocycles. The van der Waals surface area contributed by atoms with E-state index in [1.165, 1.54) is 16.0 Å². The van der Waals surface area contributed by atoms with Gasteiger partial charge in [0.15, 0.2) is 0 Å². The molecule has 0 amide bonds. The largest absolute Gasteiger partial charge is 2.00 e. The van der Waals surface area contributed by atoms with Crippen LogP contribution in [-0.4, -0.2) is 23.2 Å². The molecule has 4 nitrogen and oxygen atoms in total. The molecule has 7 aromatic rings. The van der Waals surface area contributed by atoms with E-state index in [9.17, 15) is 0 Å². The quantitative estimate of drug-likeness (QED) is 0.163. The summed E-state index contributed by atoms with van der Waals surface area (Å²) in [5.74, 6) is 0.841. The minimum atomic E-state index is -2.25. The van der Waals surface area contributed by atoms with Crippen molar-refractivity contribution in [3.63, 3.8) is 0 Å². The van der Waals surface area contributed by atoms with Gasteiger partial charge in [-0.2, -0.15) is 47.5 Å². The van der Waals surface area contributed by atoms with Crippen LogP contribution in [0.25, 0.3) is 38.8 Å². The van der Waals surface area contributed by atoms with Gasteiger partial charge in [-0.1, -0.05) is 79.6 Å². The molecule has 228 valence electrons. The van der Waals surface area contributed by atoms with Gasteiger partial charge in [-0.3, -0.25) is 0 Å². The Hall–Kier alpha value is -4.66. The minimum Gasteiger partial charge on any atom is -0.355 e. The number of rotatable bonds is 5. The smallest absolute Gasteiger partial charge is 0.355 e. The SMILES string of the molecule is [2H]C([2H])([2H])N1CN(c2[c-]c(C(C)(C)c3[c-]c4c(cc3)c3ccccc3n4-c3cc(-c4ccccc4C)ccn3)ccc2)c2ccccc21.[Pt+2]. The zero-order valence-electron chi connectivity index (χ0n) is 28.9. The van der Waals surface area contributed by atoms with Crippen LogP contribution < -0.4 is 9.80 Å². The Kier molecular flexibility index (Phi) is 6.70. The molecule has 0 N–H and O–H groups in total. The average Bonchev–Trinajstić information content (AvgIpc) is 3.65. The average molecular weight is 781 g/mol. The van der Waals surface area contributed by atoms with Gasteiger partial charge in [0.05, 0.1) is 18.0 Å². The molecule has 1 aliphatic heterocycles. The van der Waals surface area contributed by atoms with Crippen molar-refractivity contribution < 1.29 is 25.2 Å². The summed E-state index contributed by atoms with van der Waals surface area (Å²) in [6.45, 7) is 4.49. The molecular weight excluding hydrogens is 744 g/mol. The fourth-order valence-electron chi connectivity index (χ4n) is 6.64. The summed E-state index contributed by atoms with van der Waals surface area (Å²) < 4.78 is 26.6. The van der Waals surface area contributed by atoms with Crippen LogP contribution >= 0.6 is 0 Å². The molecule has 3 heterocycles. The molecule has 0 aliphatic carbocycles. The number of fused-ring (bicyclic) bond motifs is 4. The van der Waals surface area contributed by atoms with Crippen molar-refractivity contribution in [3.05, 3.63) is 150 Å². The van der Waals surface area contributed by atoms with E-state index in [1.807, 2.05) is 47.5 Å². The first-order valence-corrected chi connectivity index (χ1v) is 15.3. The van der Waals surface area contributed by atoms with Gasteiger partial charge in [-0.15, -0.1) is 11.5 Å². The summed E-state index contributed by atoms with van der Waals surface area (Å²) in [6, 6.07) is 46.7. The standard InChI is InChI=1S/C41H34N4.Pt/c1-28-12-5-6-15-33(28)29-22-23-42-40(24-29)45-36-17-8-7-16-34(36)35-21-20-31(26-39(35)45)41(2,3)30-13-11-14-32(25-30)44-27-43(4)37-18-9-10-19-38(37)44;/h5-24H,27H2,1-4H3;/q-2;+2/i4D3;. The summed E-state index contributed by atoms with van der Waals surface area (Å²) in [6.07, 6.45) is 1.88. The number of benzene rings is 5. The predicted octanol–water partition coefficient (Wildman–Crippen LogP) is 9.62. The number of pyridine rings is 1. The maximum absolute atomic E-state index is 8.13. The van der Waals surface area contributed by atoms with Gasteiger partial charge in [0.1, 0.15) is 5.82 Å². The van der Waals surface area contributed by atoms with E-state index in [4.69, 9.17) is 9.10 Å². The van der Waals surface area contributed by atoms with Crippen molar-refractivity contribution in [2.24, 2.45) is 0 Å². The summed E-state index contributed by atoms with van der Waals surface area (Å²) >= 11 is 0. The molecule has 0 spiro atoms. The third-order valence-electron chi connectivity index (χ3n) is 9.18. The number of anilines is 3. The Morgan fingerprint density at radius 3 is 2.37 bits per heavy atom. The molecular formula is C41H34N4Pt. The molecule has 1 aliphatic rings. The van der Waals surface area contributed by atoms with Crippen LogP contribution in [0.4, 0.5) is 17.1 Å². The van der Waals surface area contributed by atoms with Gasteiger partial charge in [-0.25, -0.2) is 4.98 Å². The van der Waals surface area contributed by atoms with Gasteiger partial charge < -0.3 is 14.4 Å². The van der Waals surface area contributed by atoms with Crippen molar-refractivity contribution in [1.82, 2.24) is 9.55 Å². The molecule has 0 unspecified atom stereocenters. The van der Waals surface area contributed by atoms with Crippen molar-refractivity contribution in [3.8, 4) is 16.9 Å². The summed E-state index contributed by atoms with van der Waals surface area (Å²) in [4.78, 5) is 8.37. The van der Waals surface area contributed by atoms with E-state index >= 15 is 0 Å². The van der Waals surface area contributed by atoms with Crippen LogP contribution in [0.5, 0.6) is 0 Å². The van der Waals surface area contributed by atoms with Crippen LogP contribution in [0.1, 0.15) is 34.7 Å². The van der Waals surface area contributed by atoms with E-state index < -0.39 is 12.4 Å².